The van der Waals surface area contributed by atoms with Crippen molar-refractivity contribution >= 4 is 0 Å². The standard InChI is InChI=1S/C28H39FO4/c1-28-13-12-21-20-11-9-19(32-25-6-2-4-14-30-25)16-18(20)8-10-22(21)23(28)17-24(27(28)29)33-26-7-3-5-15-31-26/h9,11,16,21-27H,2-8,10,12-15,17H2,1H3/t21-,22-,23+,24-,25?,26?,27+,28+/m1/s1. The summed E-state index contributed by atoms with van der Waals surface area (Å²) in [5.41, 5.74) is 2.63. The molecule has 2 saturated heterocycles. The van der Waals surface area contributed by atoms with Crippen LogP contribution in [0.5, 0.6) is 5.75 Å². The molecule has 4 nitrogen and oxygen atoms in total. The smallest absolute Gasteiger partial charge is 0.199 e. The molecule has 182 valence electrons. The fourth-order valence-corrected chi connectivity index (χ4v) is 7.65. The number of hydrogen-bond donors (Lipinski definition) is 0. The molecule has 8 atom stereocenters. The first-order chi connectivity index (χ1) is 16.1. The van der Waals surface area contributed by atoms with Crippen molar-refractivity contribution in [2.75, 3.05) is 13.2 Å². The Labute approximate surface area is 197 Å². The fraction of sp³-hybridized carbons (Fsp3) is 0.786. The highest BCUT2D eigenvalue weighted by molar-refractivity contribution is 5.41. The topological polar surface area (TPSA) is 36.9 Å². The van der Waals surface area contributed by atoms with Gasteiger partial charge in [-0.05, 0) is 105 Å². The molecule has 1 aromatic carbocycles. The molecule has 0 N–H and O–H groups in total. The van der Waals surface area contributed by atoms with E-state index in [4.69, 9.17) is 18.9 Å². The van der Waals surface area contributed by atoms with E-state index in [0.29, 0.717) is 17.8 Å². The SMILES string of the molecule is C[C@]12CC[C@@H]3c4ccc(OC5CCCCO5)cc4CC[C@H]3[C@@H]1C[C@@H](OC1CCCCO1)[C@@H]2F. The van der Waals surface area contributed by atoms with Crippen LogP contribution in [-0.4, -0.2) is 38.1 Å². The minimum Gasteiger partial charge on any atom is -0.465 e. The van der Waals surface area contributed by atoms with Gasteiger partial charge in [0.15, 0.2) is 12.6 Å². The first-order valence-electron chi connectivity index (χ1n) is 13.4. The average Bonchev–Trinajstić information content (AvgIpc) is 3.10. The van der Waals surface area contributed by atoms with Crippen LogP contribution in [0.25, 0.3) is 0 Å². The van der Waals surface area contributed by atoms with Crippen molar-refractivity contribution in [3.8, 4) is 5.75 Å². The molecule has 2 unspecified atom stereocenters. The summed E-state index contributed by atoms with van der Waals surface area (Å²) >= 11 is 0. The van der Waals surface area contributed by atoms with Crippen LogP contribution < -0.4 is 4.74 Å². The van der Waals surface area contributed by atoms with Crippen LogP contribution in [0.4, 0.5) is 4.39 Å². The average molecular weight is 459 g/mol. The van der Waals surface area contributed by atoms with Crippen molar-refractivity contribution in [2.24, 2.45) is 17.3 Å². The molecule has 1 aromatic rings. The highest BCUT2D eigenvalue weighted by Gasteiger charge is 2.59. The van der Waals surface area contributed by atoms with Crippen molar-refractivity contribution in [3.63, 3.8) is 0 Å². The van der Waals surface area contributed by atoms with Gasteiger partial charge < -0.3 is 18.9 Å². The van der Waals surface area contributed by atoms with E-state index in [9.17, 15) is 0 Å². The summed E-state index contributed by atoms with van der Waals surface area (Å²) in [6, 6.07) is 6.67. The molecule has 0 amide bonds. The van der Waals surface area contributed by atoms with Gasteiger partial charge in [0.05, 0.1) is 12.7 Å². The second kappa shape index (κ2) is 9.13. The molecule has 0 bridgehead atoms. The van der Waals surface area contributed by atoms with E-state index in [2.05, 4.69) is 25.1 Å². The Bertz CT molecular complexity index is 833. The lowest BCUT2D eigenvalue weighted by atomic mass is 9.55. The summed E-state index contributed by atoms with van der Waals surface area (Å²) in [5, 5.41) is 0. The third kappa shape index (κ3) is 4.12. The Kier molecular flexibility index (Phi) is 6.17. The monoisotopic (exact) mass is 458 g/mol. The third-order valence-corrected chi connectivity index (χ3v) is 9.45. The molecule has 6 rings (SSSR count). The Hall–Kier alpha value is -1.17. The van der Waals surface area contributed by atoms with Gasteiger partial charge in [-0.1, -0.05) is 13.0 Å². The lowest BCUT2D eigenvalue weighted by Gasteiger charge is -2.49. The van der Waals surface area contributed by atoms with E-state index < -0.39 is 6.17 Å². The van der Waals surface area contributed by atoms with Crippen molar-refractivity contribution in [1.29, 1.82) is 0 Å². The van der Waals surface area contributed by atoms with Gasteiger partial charge in [0.25, 0.3) is 0 Å². The maximum absolute atomic E-state index is 15.8. The van der Waals surface area contributed by atoms with Gasteiger partial charge >= 0.3 is 0 Å². The zero-order valence-corrected chi connectivity index (χ0v) is 20.0. The molecule has 3 aliphatic carbocycles. The fourth-order valence-electron chi connectivity index (χ4n) is 7.65. The maximum atomic E-state index is 15.8. The number of aryl methyl sites for hydroxylation is 1. The van der Waals surface area contributed by atoms with Crippen molar-refractivity contribution in [1.82, 2.24) is 0 Å². The molecule has 5 heteroatoms. The summed E-state index contributed by atoms with van der Waals surface area (Å²) in [6.45, 7) is 3.74. The molecule has 4 fully saturated rings. The van der Waals surface area contributed by atoms with Crippen LogP contribution >= 0.6 is 0 Å². The molecule has 2 heterocycles. The Balaban J connectivity index is 1.17. The predicted molar refractivity (Wildman–Crippen MR) is 124 cm³/mol. The number of ether oxygens (including phenoxy) is 4. The number of alkyl halides is 1. The molecule has 0 radical (unpaired) electrons. The number of fused-ring (bicyclic) bond motifs is 5. The van der Waals surface area contributed by atoms with Gasteiger partial charge in [0.1, 0.15) is 11.9 Å². The zero-order chi connectivity index (χ0) is 22.4. The first-order valence-corrected chi connectivity index (χ1v) is 13.4. The first kappa shape index (κ1) is 22.3. The van der Waals surface area contributed by atoms with Crippen LogP contribution in [0.2, 0.25) is 0 Å². The largest absolute Gasteiger partial charge is 0.465 e. The molecular formula is C28H39FO4. The van der Waals surface area contributed by atoms with Gasteiger partial charge in [-0.25, -0.2) is 4.39 Å². The summed E-state index contributed by atoms with van der Waals surface area (Å²) in [7, 11) is 0. The van der Waals surface area contributed by atoms with Crippen LogP contribution in [-0.2, 0) is 20.6 Å². The molecule has 2 saturated carbocycles. The number of rotatable bonds is 4. The van der Waals surface area contributed by atoms with Gasteiger partial charge in [-0.2, -0.15) is 0 Å². The van der Waals surface area contributed by atoms with E-state index in [1.165, 1.54) is 17.5 Å². The van der Waals surface area contributed by atoms with Gasteiger partial charge in [0.2, 0.25) is 0 Å². The number of benzene rings is 1. The van der Waals surface area contributed by atoms with E-state index in [1.807, 2.05) is 0 Å². The summed E-state index contributed by atoms with van der Waals surface area (Å²) < 4.78 is 39.7. The van der Waals surface area contributed by atoms with Crippen molar-refractivity contribution in [2.45, 2.75) is 108 Å². The van der Waals surface area contributed by atoms with Crippen molar-refractivity contribution in [3.05, 3.63) is 29.3 Å². The summed E-state index contributed by atoms with van der Waals surface area (Å²) in [5.74, 6) is 2.40. The van der Waals surface area contributed by atoms with E-state index in [1.54, 1.807) is 0 Å². The minimum atomic E-state index is -0.887. The van der Waals surface area contributed by atoms with E-state index in [0.717, 1.165) is 83.2 Å². The van der Waals surface area contributed by atoms with Gasteiger partial charge in [0, 0.05) is 18.4 Å². The summed E-state index contributed by atoms with van der Waals surface area (Å²) in [4.78, 5) is 0. The van der Waals surface area contributed by atoms with Crippen LogP contribution in [0, 0.1) is 17.3 Å². The summed E-state index contributed by atoms with van der Waals surface area (Å²) in [6.07, 6.45) is 9.94. The second-order valence-corrected chi connectivity index (χ2v) is 11.3. The number of hydrogen-bond acceptors (Lipinski definition) is 4. The normalized spacial score (nSPS) is 42.8. The Morgan fingerprint density at radius 2 is 1.76 bits per heavy atom. The minimum absolute atomic E-state index is 0.103. The zero-order valence-electron chi connectivity index (χ0n) is 20.0. The maximum Gasteiger partial charge on any atom is 0.199 e. The lowest BCUT2D eigenvalue weighted by molar-refractivity contribution is -0.199. The predicted octanol–water partition coefficient (Wildman–Crippen LogP) is 6.31. The van der Waals surface area contributed by atoms with Crippen LogP contribution in [0.3, 0.4) is 0 Å². The Morgan fingerprint density at radius 3 is 2.52 bits per heavy atom. The van der Waals surface area contributed by atoms with Gasteiger partial charge in [-0.3, -0.25) is 0 Å². The molecule has 0 spiro atoms. The molecular weight excluding hydrogens is 419 g/mol. The number of halogens is 1. The molecule has 0 aromatic heterocycles. The highest BCUT2D eigenvalue weighted by Crippen LogP contribution is 2.62. The second-order valence-electron chi connectivity index (χ2n) is 11.3. The molecule has 33 heavy (non-hydrogen) atoms. The highest BCUT2D eigenvalue weighted by atomic mass is 19.1. The van der Waals surface area contributed by atoms with Crippen LogP contribution in [0.1, 0.15) is 88.2 Å². The van der Waals surface area contributed by atoms with Crippen LogP contribution in [0.15, 0.2) is 18.2 Å². The Morgan fingerprint density at radius 1 is 0.970 bits per heavy atom. The lowest BCUT2D eigenvalue weighted by Crippen LogP contribution is -2.43. The van der Waals surface area contributed by atoms with Crippen molar-refractivity contribution < 1.29 is 23.3 Å². The quantitative estimate of drug-likeness (QED) is 0.530. The van der Waals surface area contributed by atoms with E-state index >= 15 is 4.39 Å². The molecule has 2 aliphatic heterocycles. The van der Waals surface area contributed by atoms with Gasteiger partial charge in [-0.15, -0.1) is 0 Å². The third-order valence-electron chi connectivity index (χ3n) is 9.45. The molecule has 5 aliphatic rings. The van der Waals surface area contributed by atoms with E-state index in [-0.39, 0.29) is 24.1 Å².